The van der Waals surface area contributed by atoms with Crippen molar-refractivity contribution in [3.8, 4) is 10.6 Å². The van der Waals surface area contributed by atoms with Crippen LogP contribution >= 0.6 is 11.3 Å². The molecule has 0 amide bonds. The normalized spacial score (nSPS) is 14.8. The zero-order chi connectivity index (χ0) is 22.9. The highest BCUT2D eigenvalue weighted by molar-refractivity contribution is 7.15. The molecule has 0 N–H and O–H groups in total. The molecule has 1 saturated heterocycles. The van der Waals surface area contributed by atoms with Crippen LogP contribution in [0.1, 0.15) is 52.7 Å². The van der Waals surface area contributed by atoms with Crippen molar-refractivity contribution in [1.29, 1.82) is 0 Å². The molecule has 0 aromatic carbocycles. The SMILES string of the molecule is Cc1ccc(CCC(=O)c2cc(N3CCC(C)CC3)c3ncc(-c4ccc(C)s4)n3c2)cn1. The molecule has 1 fully saturated rings. The van der Waals surface area contributed by atoms with E-state index in [0.29, 0.717) is 12.8 Å². The summed E-state index contributed by atoms with van der Waals surface area (Å²) in [5, 5.41) is 0. The van der Waals surface area contributed by atoms with Crippen LogP contribution in [0, 0.1) is 19.8 Å². The number of thiophene rings is 1. The number of anilines is 1. The van der Waals surface area contributed by atoms with Crippen molar-refractivity contribution < 1.29 is 4.79 Å². The zero-order valence-electron chi connectivity index (χ0n) is 19.5. The van der Waals surface area contributed by atoms with Crippen LogP contribution in [0.2, 0.25) is 0 Å². The van der Waals surface area contributed by atoms with E-state index >= 15 is 0 Å². The summed E-state index contributed by atoms with van der Waals surface area (Å²) in [6, 6.07) is 10.4. The predicted molar refractivity (Wildman–Crippen MR) is 135 cm³/mol. The maximum atomic E-state index is 13.3. The van der Waals surface area contributed by atoms with E-state index in [1.165, 1.54) is 22.6 Å². The number of Topliss-reactive ketones (excluding diaryl/α,β-unsaturated/α-hetero) is 1. The van der Waals surface area contributed by atoms with Gasteiger partial charge in [0, 0.05) is 48.0 Å². The number of pyridine rings is 2. The number of imidazole rings is 1. The van der Waals surface area contributed by atoms with Crippen LogP contribution in [0.3, 0.4) is 0 Å². The first-order chi connectivity index (χ1) is 16.0. The van der Waals surface area contributed by atoms with Crippen molar-refractivity contribution in [3.63, 3.8) is 0 Å². The molecule has 0 saturated carbocycles. The number of aromatic nitrogens is 3. The van der Waals surface area contributed by atoms with Gasteiger partial charge in [0.25, 0.3) is 0 Å². The van der Waals surface area contributed by atoms with Crippen molar-refractivity contribution >= 4 is 28.5 Å². The number of carbonyl (C=O) groups is 1. The number of aryl methyl sites for hydroxylation is 3. The van der Waals surface area contributed by atoms with Crippen LogP contribution in [-0.2, 0) is 6.42 Å². The highest BCUT2D eigenvalue weighted by Crippen LogP contribution is 2.33. The molecule has 4 aromatic heterocycles. The Balaban J connectivity index is 1.51. The fraction of sp³-hybridized carbons (Fsp3) is 0.370. The highest BCUT2D eigenvalue weighted by Gasteiger charge is 2.22. The maximum absolute atomic E-state index is 13.3. The second-order valence-electron chi connectivity index (χ2n) is 9.26. The van der Waals surface area contributed by atoms with E-state index in [1.807, 2.05) is 31.6 Å². The molecule has 6 heteroatoms. The topological polar surface area (TPSA) is 50.5 Å². The van der Waals surface area contributed by atoms with E-state index in [2.05, 4.69) is 52.4 Å². The summed E-state index contributed by atoms with van der Waals surface area (Å²) in [6.45, 7) is 8.42. The lowest BCUT2D eigenvalue weighted by Crippen LogP contribution is -2.33. The standard InChI is InChI=1S/C27H30N4OS/c1-18-10-12-30(13-11-18)23-14-22(25(32)8-7-21-6-4-19(2)28-15-21)17-31-24(16-29-27(23)31)26-9-5-20(3)33-26/h4-6,9,14-18H,7-8,10-13H2,1-3H3. The Morgan fingerprint density at radius 2 is 1.91 bits per heavy atom. The summed E-state index contributed by atoms with van der Waals surface area (Å²) in [7, 11) is 0. The molecule has 170 valence electrons. The first-order valence-electron chi connectivity index (χ1n) is 11.8. The summed E-state index contributed by atoms with van der Waals surface area (Å²) in [5.41, 5.74) is 5.90. The summed E-state index contributed by atoms with van der Waals surface area (Å²) in [5.74, 6) is 0.903. The zero-order valence-corrected chi connectivity index (χ0v) is 20.4. The van der Waals surface area contributed by atoms with Crippen LogP contribution < -0.4 is 4.90 Å². The molecule has 1 aliphatic heterocycles. The molecule has 33 heavy (non-hydrogen) atoms. The fourth-order valence-corrected chi connectivity index (χ4v) is 5.38. The number of fused-ring (bicyclic) bond motifs is 1. The number of piperidine rings is 1. The maximum Gasteiger partial charge on any atom is 0.164 e. The molecule has 0 aliphatic carbocycles. The van der Waals surface area contributed by atoms with Crippen molar-refractivity contribution in [3.05, 3.63) is 70.6 Å². The van der Waals surface area contributed by atoms with Gasteiger partial charge in [0.2, 0.25) is 0 Å². The first kappa shape index (κ1) is 21.8. The lowest BCUT2D eigenvalue weighted by molar-refractivity contribution is 0.0982. The number of hydrogen-bond acceptors (Lipinski definition) is 5. The molecule has 5 heterocycles. The van der Waals surface area contributed by atoms with Gasteiger partial charge in [-0.15, -0.1) is 11.3 Å². The predicted octanol–water partition coefficient (Wildman–Crippen LogP) is 6.13. The van der Waals surface area contributed by atoms with Gasteiger partial charge in [0.15, 0.2) is 11.4 Å². The number of rotatable bonds is 6. The van der Waals surface area contributed by atoms with Crippen LogP contribution in [0.15, 0.2) is 48.9 Å². The Hall–Kier alpha value is -2.99. The molecular weight excluding hydrogens is 428 g/mol. The Morgan fingerprint density at radius 1 is 1.09 bits per heavy atom. The summed E-state index contributed by atoms with van der Waals surface area (Å²) >= 11 is 1.76. The van der Waals surface area contributed by atoms with Crippen molar-refractivity contribution in [2.45, 2.75) is 46.5 Å². The molecule has 4 aromatic rings. The molecule has 1 aliphatic rings. The summed E-state index contributed by atoms with van der Waals surface area (Å²) in [4.78, 5) is 27.3. The van der Waals surface area contributed by atoms with E-state index in [1.54, 1.807) is 11.3 Å². The third-order valence-corrected chi connectivity index (χ3v) is 7.66. The average Bonchev–Trinajstić information content (AvgIpc) is 3.44. The van der Waals surface area contributed by atoms with Gasteiger partial charge in [-0.2, -0.15) is 0 Å². The third-order valence-electron chi connectivity index (χ3n) is 6.64. The minimum absolute atomic E-state index is 0.158. The van der Waals surface area contributed by atoms with Crippen LogP contribution in [0.5, 0.6) is 0 Å². The average molecular weight is 459 g/mol. The summed E-state index contributed by atoms with van der Waals surface area (Å²) in [6.07, 6.45) is 9.31. The smallest absolute Gasteiger partial charge is 0.164 e. The van der Waals surface area contributed by atoms with Crippen LogP contribution in [0.4, 0.5) is 5.69 Å². The van der Waals surface area contributed by atoms with Gasteiger partial charge in [-0.1, -0.05) is 13.0 Å². The molecule has 5 rings (SSSR count). The van der Waals surface area contributed by atoms with Gasteiger partial charge in [0.1, 0.15) is 0 Å². The van der Waals surface area contributed by atoms with Crippen molar-refractivity contribution in [2.24, 2.45) is 5.92 Å². The van der Waals surface area contributed by atoms with Gasteiger partial charge in [-0.05, 0) is 68.9 Å². The molecule has 5 nitrogen and oxygen atoms in total. The van der Waals surface area contributed by atoms with E-state index in [0.717, 1.165) is 52.9 Å². The quantitative estimate of drug-likeness (QED) is 0.326. The first-order valence-corrected chi connectivity index (χ1v) is 12.6. The molecule has 0 spiro atoms. The molecule has 0 bridgehead atoms. The molecular formula is C27H30N4OS. The largest absolute Gasteiger partial charge is 0.368 e. The lowest BCUT2D eigenvalue weighted by atomic mass is 9.98. The Morgan fingerprint density at radius 3 is 2.61 bits per heavy atom. The number of hydrogen-bond donors (Lipinski definition) is 0. The van der Waals surface area contributed by atoms with Gasteiger partial charge in [-0.3, -0.25) is 14.2 Å². The number of carbonyl (C=O) groups excluding carboxylic acids is 1. The van der Waals surface area contributed by atoms with Gasteiger partial charge in [-0.25, -0.2) is 4.98 Å². The second-order valence-corrected chi connectivity index (χ2v) is 10.5. The van der Waals surface area contributed by atoms with E-state index in [-0.39, 0.29) is 5.78 Å². The van der Waals surface area contributed by atoms with E-state index in [9.17, 15) is 4.79 Å². The van der Waals surface area contributed by atoms with Gasteiger partial charge < -0.3 is 4.90 Å². The van der Waals surface area contributed by atoms with Crippen LogP contribution in [-0.4, -0.2) is 33.2 Å². The fourth-order valence-electron chi connectivity index (χ4n) is 4.51. The number of ketones is 1. The summed E-state index contributed by atoms with van der Waals surface area (Å²) < 4.78 is 2.12. The monoisotopic (exact) mass is 458 g/mol. The lowest BCUT2D eigenvalue weighted by Gasteiger charge is -2.32. The van der Waals surface area contributed by atoms with Crippen LogP contribution in [0.25, 0.3) is 16.2 Å². The Labute approximate surface area is 199 Å². The van der Waals surface area contributed by atoms with E-state index in [4.69, 9.17) is 4.98 Å². The van der Waals surface area contributed by atoms with Gasteiger partial charge >= 0.3 is 0 Å². The third kappa shape index (κ3) is 4.58. The van der Waals surface area contributed by atoms with Crippen molar-refractivity contribution in [1.82, 2.24) is 14.4 Å². The van der Waals surface area contributed by atoms with E-state index < -0.39 is 0 Å². The van der Waals surface area contributed by atoms with Gasteiger partial charge in [0.05, 0.1) is 22.5 Å². The second kappa shape index (κ2) is 9.10. The Bertz CT molecular complexity index is 1280. The highest BCUT2D eigenvalue weighted by atomic mass is 32.1. The molecule has 0 atom stereocenters. The Kier molecular flexibility index (Phi) is 6.02. The minimum atomic E-state index is 0.158. The molecule has 0 radical (unpaired) electrons. The van der Waals surface area contributed by atoms with Crippen molar-refractivity contribution in [2.75, 3.05) is 18.0 Å². The molecule has 0 unspecified atom stereocenters. The minimum Gasteiger partial charge on any atom is -0.368 e. The number of nitrogens with zero attached hydrogens (tertiary/aromatic N) is 4.